The molecule has 0 aliphatic heterocycles. The molecule has 0 unspecified atom stereocenters. The van der Waals surface area contributed by atoms with E-state index in [1.165, 1.54) is 6.07 Å². The number of imidazole rings is 1. The monoisotopic (exact) mass is 471 g/mol. The number of halogens is 1. The van der Waals surface area contributed by atoms with Crippen molar-refractivity contribution < 1.29 is 14.3 Å². The van der Waals surface area contributed by atoms with Gasteiger partial charge in [-0.25, -0.2) is 4.79 Å². The molecule has 1 heterocycles. The quantitative estimate of drug-likeness (QED) is 0.362. The number of aryl methyl sites for hydroxylation is 2. The molecule has 0 aliphatic carbocycles. The van der Waals surface area contributed by atoms with E-state index in [-0.39, 0.29) is 24.4 Å². The summed E-state index contributed by atoms with van der Waals surface area (Å²) in [4.78, 5) is 25.4. The van der Waals surface area contributed by atoms with Crippen LogP contribution in [0.4, 0.5) is 0 Å². The fourth-order valence-electron chi connectivity index (χ4n) is 3.29. The van der Waals surface area contributed by atoms with Crippen LogP contribution in [0.2, 0.25) is 0 Å². The summed E-state index contributed by atoms with van der Waals surface area (Å²) in [5, 5.41) is 9.12. The van der Waals surface area contributed by atoms with E-state index in [2.05, 4.69) is 15.9 Å². The first-order valence-electron chi connectivity index (χ1n) is 9.75. The number of rotatable bonds is 8. The van der Waals surface area contributed by atoms with Gasteiger partial charge in [0.15, 0.2) is 11.5 Å². The SMILES string of the molecule is CCCn1c(=O)n(CCC(=O)Oc2c(Br)cc(C#N)cc2OCC)c2ccccc21. The van der Waals surface area contributed by atoms with Crippen LogP contribution in [0, 0.1) is 11.3 Å². The molecule has 2 aromatic carbocycles. The van der Waals surface area contributed by atoms with Crippen molar-refractivity contribution in [2.24, 2.45) is 0 Å². The van der Waals surface area contributed by atoms with E-state index in [0.717, 1.165) is 17.5 Å². The van der Waals surface area contributed by atoms with Gasteiger partial charge in [0, 0.05) is 19.2 Å². The maximum atomic E-state index is 12.8. The van der Waals surface area contributed by atoms with Crippen molar-refractivity contribution in [1.29, 1.82) is 5.26 Å². The molecule has 8 heteroatoms. The topological polar surface area (TPSA) is 86.3 Å². The Labute approximate surface area is 182 Å². The largest absolute Gasteiger partial charge is 0.490 e. The average Bonchev–Trinajstić information content (AvgIpc) is 3.00. The molecule has 0 N–H and O–H groups in total. The molecule has 3 rings (SSSR count). The van der Waals surface area contributed by atoms with Crippen LogP contribution in [0.25, 0.3) is 11.0 Å². The number of benzene rings is 2. The number of para-hydroxylation sites is 2. The summed E-state index contributed by atoms with van der Waals surface area (Å²) < 4.78 is 14.8. The lowest BCUT2D eigenvalue weighted by atomic mass is 10.2. The van der Waals surface area contributed by atoms with Crippen molar-refractivity contribution in [3.63, 3.8) is 0 Å². The van der Waals surface area contributed by atoms with Crippen LogP contribution in [-0.2, 0) is 17.9 Å². The highest BCUT2D eigenvalue weighted by Gasteiger charge is 2.18. The Balaban J connectivity index is 1.82. The molecule has 0 saturated heterocycles. The molecular weight excluding hydrogens is 450 g/mol. The van der Waals surface area contributed by atoms with Gasteiger partial charge < -0.3 is 9.47 Å². The van der Waals surface area contributed by atoms with E-state index >= 15 is 0 Å². The normalized spacial score (nSPS) is 10.7. The molecule has 7 nitrogen and oxygen atoms in total. The molecule has 0 radical (unpaired) electrons. The first-order chi connectivity index (χ1) is 14.5. The van der Waals surface area contributed by atoms with Crippen molar-refractivity contribution >= 4 is 32.9 Å². The van der Waals surface area contributed by atoms with Crippen molar-refractivity contribution in [3.05, 3.63) is 56.9 Å². The third-order valence-electron chi connectivity index (χ3n) is 4.57. The van der Waals surface area contributed by atoms with Crippen LogP contribution in [0.1, 0.15) is 32.3 Å². The molecule has 3 aromatic rings. The minimum atomic E-state index is -0.499. The van der Waals surface area contributed by atoms with Crippen LogP contribution in [0.15, 0.2) is 45.7 Å². The van der Waals surface area contributed by atoms with E-state index < -0.39 is 5.97 Å². The zero-order valence-corrected chi connectivity index (χ0v) is 18.4. The van der Waals surface area contributed by atoms with Gasteiger partial charge in [-0.3, -0.25) is 13.9 Å². The Morgan fingerprint density at radius 3 is 2.40 bits per heavy atom. The molecule has 0 bridgehead atoms. The van der Waals surface area contributed by atoms with Crippen LogP contribution >= 0.6 is 15.9 Å². The zero-order chi connectivity index (χ0) is 21.7. The molecule has 0 fully saturated rings. The molecule has 30 heavy (non-hydrogen) atoms. The second-order valence-electron chi connectivity index (χ2n) is 6.63. The Morgan fingerprint density at radius 2 is 1.80 bits per heavy atom. The van der Waals surface area contributed by atoms with Gasteiger partial charge in [0.1, 0.15) is 0 Å². The number of nitrogens with zero attached hydrogens (tertiary/aromatic N) is 3. The van der Waals surface area contributed by atoms with Crippen LogP contribution in [-0.4, -0.2) is 21.7 Å². The Hall–Kier alpha value is -3.05. The maximum absolute atomic E-state index is 12.8. The summed E-state index contributed by atoms with van der Waals surface area (Å²) >= 11 is 3.33. The van der Waals surface area contributed by atoms with E-state index in [0.29, 0.717) is 28.9 Å². The van der Waals surface area contributed by atoms with Gasteiger partial charge in [-0.15, -0.1) is 0 Å². The molecule has 0 atom stereocenters. The highest BCUT2D eigenvalue weighted by atomic mass is 79.9. The third-order valence-corrected chi connectivity index (χ3v) is 5.16. The van der Waals surface area contributed by atoms with Crippen molar-refractivity contribution in [2.45, 2.75) is 39.8 Å². The zero-order valence-electron chi connectivity index (χ0n) is 16.9. The number of hydrogen-bond acceptors (Lipinski definition) is 5. The smallest absolute Gasteiger partial charge is 0.329 e. The standard InChI is InChI=1S/C22H22BrN3O4/c1-3-10-25-17-7-5-6-8-18(17)26(22(25)28)11-9-20(27)30-21-16(23)12-15(14-24)13-19(21)29-4-2/h5-8,12-13H,3-4,9-11H2,1-2H3. The van der Waals surface area contributed by atoms with Crippen molar-refractivity contribution in [2.75, 3.05) is 6.61 Å². The number of ether oxygens (including phenoxy) is 2. The minimum Gasteiger partial charge on any atom is -0.490 e. The lowest BCUT2D eigenvalue weighted by molar-refractivity contribution is -0.134. The van der Waals surface area contributed by atoms with Crippen LogP contribution in [0.3, 0.4) is 0 Å². The average molecular weight is 472 g/mol. The van der Waals surface area contributed by atoms with E-state index in [1.54, 1.807) is 22.1 Å². The van der Waals surface area contributed by atoms with Crippen molar-refractivity contribution in [3.8, 4) is 17.6 Å². The summed E-state index contributed by atoms with van der Waals surface area (Å²) in [6.45, 7) is 5.00. The van der Waals surface area contributed by atoms with Crippen molar-refractivity contribution in [1.82, 2.24) is 9.13 Å². The van der Waals surface area contributed by atoms with Gasteiger partial charge in [-0.2, -0.15) is 5.26 Å². The second-order valence-corrected chi connectivity index (χ2v) is 7.48. The molecule has 156 valence electrons. The summed E-state index contributed by atoms with van der Waals surface area (Å²) in [5.41, 5.74) is 1.89. The lowest BCUT2D eigenvalue weighted by Crippen LogP contribution is -2.25. The number of carbonyl (C=O) groups excluding carboxylic acids is 1. The summed E-state index contributed by atoms with van der Waals surface area (Å²) in [7, 11) is 0. The minimum absolute atomic E-state index is 0.0120. The second kappa shape index (κ2) is 9.63. The van der Waals surface area contributed by atoms with Gasteiger partial charge in [0.2, 0.25) is 0 Å². The number of hydrogen-bond donors (Lipinski definition) is 0. The summed E-state index contributed by atoms with van der Waals surface area (Å²) in [6.07, 6.45) is 0.848. The summed E-state index contributed by atoms with van der Waals surface area (Å²) in [6, 6.07) is 12.7. The first kappa shape index (κ1) is 21.7. The lowest BCUT2D eigenvalue weighted by Gasteiger charge is -2.13. The van der Waals surface area contributed by atoms with E-state index in [1.807, 2.05) is 37.3 Å². The van der Waals surface area contributed by atoms with E-state index in [9.17, 15) is 9.59 Å². The highest BCUT2D eigenvalue weighted by Crippen LogP contribution is 2.37. The maximum Gasteiger partial charge on any atom is 0.329 e. The fraction of sp³-hybridized carbons (Fsp3) is 0.318. The number of nitriles is 1. The van der Waals surface area contributed by atoms with Gasteiger partial charge in [0.25, 0.3) is 0 Å². The fourth-order valence-corrected chi connectivity index (χ4v) is 3.81. The Bertz CT molecular complexity index is 1170. The number of carbonyl (C=O) groups is 1. The number of aromatic nitrogens is 2. The third kappa shape index (κ3) is 4.41. The van der Waals surface area contributed by atoms with Crippen LogP contribution < -0.4 is 15.2 Å². The van der Waals surface area contributed by atoms with E-state index in [4.69, 9.17) is 14.7 Å². The molecule has 1 aromatic heterocycles. The molecule has 0 amide bonds. The number of fused-ring (bicyclic) bond motifs is 1. The number of esters is 1. The molecule has 0 saturated carbocycles. The molecule has 0 spiro atoms. The molecular formula is C22H22BrN3O4. The van der Waals surface area contributed by atoms with Gasteiger partial charge in [-0.1, -0.05) is 19.1 Å². The highest BCUT2D eigenvalue weighted by molar-refractivity contribution is 9.10. The predicted octanol–water partition coefficient (Wildman–Crippen LogP) is 4.24. The van der Waals surface area contributed by atoms with Gasteiger partial charge in [0.05, 0.1) is 40.2 Å². The van der Waals surface area contributed by atoms with Crippen LogP contribution in [0.5, 0.6) is 11.5 Å². The summed E-state index contributed by atoms with van der Waals surface area (Å²) in [5.74, 6) is 0.0377. The van der Waals surface area contributed by atoms with Gasteiger partial charge >= 0.3 is 11.7 Å². The molecule has 0 aliphatic rings. The Morgan fingerprint density at radius 1 is 1.13 bits per heavy atom. The van der Waals surface area contributed by atoms with Gasteiger partial charge in [-0.05, 0) is 47.5 Å². The Kier molecular flexibility index (Phi) is 6.95. The first-order valence-corrected chi connectivity index (χ1v) is 10.5. The predicted molar refractivity (Wildman–Crippen MR) is 117 cm³/mol.